The van der Waals surface area contributed by atoms with Crippen molar-refractivity contribution in [2.24, 2.45) is 0 Å². The molecule has 2 aromatic rings. The fourth-order valence-electron chi connectivity index (χ4n) is 2.39. The Balaban J connectivity index is 2.29. The number of sulfonamides is 1. The molecule has 1 N–H and O–H groups in total. The third-order valence-electron chi connectivity index (χ3n) is 3.93. The van der Waals surface area contributed by atoms with Crippen molar-refractivity contribution in [1.82, 2.24) is 0 Å². The normalized spacial score (nSPS) is 11.0. The Hall–Kier alpha value is -2.58. The highest BCUT2D eigenvalue weighted by Crippen LogP contribution is 2.26. The van der Waals surface area contributed by atoms with Crippen LogP contribution in [0, 0.1) is 6.92 Å². The Morgan fingerprint density at radius 1 is 1.11 bits per heavy atom. The van der Waals surface area contributed by atoms with Gasteiger partial charge in [0, 0.05) is 12.6 Å². The molecule has 0 unspecified atom stereocenters. The number of benzene rings is 2. The zero-order valence-electron chi connectivity index (χ0n) is 15.2. The van der Waals surface area contributed by atoms with Crippen LogP contribution in [0.2, 0.25) is 5.02 Å². The molecule has 0 aliphatic rings. The minimum atomic E-state index is -3.41. The van der Waals surface area contributed by atoms with E-state index < -0.39 is 21.9 Å². The van der Waals surface area contributed by atoms with E-state index in [9.17, 15) is 18.0 Å². The molecule has 0 fully saturated rings. The smallest absolute Gasteiger partial charge is 0.337 e. The molecular weight excluding hydrogens is 392 g/mol. The summed E-state index contributed by atoms with van der Waals surface area (Å²) in [6.45, 7) is 1.71. The fraction of sp³-hybridized carbons (Fsp3) is 0.222. The van der Waals surface area contributed by atoms with Crippen LogP contribution >= 0.6 is 11.6 Å². The average molecular weight is 411 g/mol. The van der Waals surface area contributed by atoms with Crippen molar-refractivity contribution in [2.75, 3.05) is 30.0 Å². The number of hydrogen-bond acceptors (Lipinski definition) is 5. The van der Waals surface area contributed by atoms with Gasteiger partial charge in [0.25, 0.3) is 5.91 Å². The Kier molecular flexibility index (Phi) is 6.12. The molecule has 0 atom stereocenters. The maximum Gasteiger partial charge on any atom is 0.337 e. The molecule has 0 heterocycles. The van der Waals surface area contributed by atoms with Crippen molar-refractivity contribution < 1.29 is 22.7 Å². The van der Waals surface area contributed by atoms with Crippen LogP contribution in [0.25, 0.3) is 0 Å². The SMILES string of the molecule is COC(=O)c1ccc(Cl)c(NC(=O)c2ccc(N(C)S(C)(=O)=O)c(C)c2)c1. The van der Waals surface area contributed by atoms with Gasteiger partial charge in [-0.1, -0.05) is 11.6 Å². The van der Waals surface area contributed by atoms with Crippen molar-refractivity contribution in [3.63, 3.8) is 0 Å². The lowest BCUT2D eigenvalue weighted by atomic mass is 10.1. The maximum atomic E-state index is 12.5. The van der Waals surface area contributed by atoms with E-state index in [1.807, 2.05) is 0 Å². The van der Waals surface area contributed by atoms with Crippen LogP contribution in [-0.2, 0) is 14.8 Å². The minimum Gasteiger partial charge on any atom is -0.465 e. The summed E-state index contributed by atoms with van der Waals surface area (Å²) in [6.07, 6.45) is 1.10. The van der Waals surface area contributed by atoms with E-state index >= 15 is 0 Å². The number of rotatable bonds is 5. The first-order chi connectivity index (χ1) is 12.5. The summed E-state index contributed by atoms with van der Waals surface area (Å²) in [5.41, 5.74) is 1.92. The standard InChI is InChI=1S/C18H19ClN2O5S/c1-11-9-12(6-8-16(11)21(2)27(4,24)25)17(22)20-15-10-13(18(23)26-3)5-7-14(15)19/h5-10H,1-4H3,(H,20,22). The van der Waals surface area contributed by atoms with Crippen LogP contribution in [-0.4, -0.2) is 40.7 Å². The van der Waals surface area contributed by atoms with Gasteiger partial charge in [0.15, 0.2) is 0 Å². The molecular formula is C18H19ClN2O5S. The highest BCUT2D eigenvalue weighted by atomic mass is 35.5. The quantitative estimate of drug-likeness (QED) is 0.764. The number of nitrogens with one attached hydrogen (secondary N) is 1. The first-order valence-electron chi connectivity index (χ1n) is 7.78. The van der Waals surface area contributed by atoms with E-state index in [-0.39, 0.29) is 16.3 Å². The van der Waals surface area contributed by atoms with Gasteiger partial charge in [-0.25, -0.2) is 13.2 Å². The molecule has 144 valence electrons. The van der Waals surface area contributed by atoms with Crippen LogP contribution in [0.5, 0.6) is 0 Å². The van der Waals surface area contributed by atoms with Gasteiger partial charge in [-0.3, -0.25) is 9.10 Å². The number of ether oxygens (including phenoxy) is 1. The topological polar surface area (TPSA) is 92.8 Å². The minimum absolute atomic E-state index is 0.249. The van der Waals surface area contributed by atoms with Gasteiger partial charge < -0.3 is 10.1 Å². The van der Waals surface area contributed by atoms with E-state index in [2.05, 4.69) is 10.1 Å². The summed E-state index contributed by atoms with van der Waals surface area (Å²) in [5.74, 6) is -0.998. The monoisotopic (exact) mass is 410 g/mol. The van der Waals surface area contributed by atoms with Crippen LogP contribution in [0.4, 0.5) is 11.4 Å². The Morgan fingerprint density at radius 3 is 2.30 bits per heavy atom. The second kappa shape index (κ2) is 7.98. The molecule has 2 aromatic carbocycles. The summed E-state index contributed by atoms with van der Waals surface area (Å²) in [7, 11) is -0.713. The predicted octanol–water partition coefficient (Wildman–Crippen LogP) is 3.08. The molecule has 0 aliphatic carbocycles. The molecule has 0 radical (unpaired) electrons. The highest BCUT2D eigenvalue weighted by molar-refractivity contribution is 7.92. The number of aryl methyl sites for hydroxylation is 1. The summed E-state index contributed by atoms with van der Waals surface area (Å²) in [4.78, 5) is 24.2. The molecule has 9 heteroatoms. The number of amides is 1. The molecule has 0 aromatic heterocycles. The third-order valence-corrected chi connectivity index (χ3v) is 5.45. The van der Waals surface area contributed by atoms with E-state index in [0.717, 1.165) is 10.6 Å². The predicted molar refractivity (Wildman–Crippen MR) is 105 cm³/mol. The van der Waals surface area contributed by atoms with Gasteiger partial charge >= 0.3 is 5.97 Å². The van der Waals surface area contributed by atoms with Gasteiger partial charge in [-0.15, -0.1) is 0 Å². The molecule has 0 saturated carbocycles. The number of esters is 1. The Labute approximate surface area is 162 Å². The van der Waals surface area contributed by atoms with Crippen LogP contribution < -0.4 is 9.62 Å². The molecule has 27 heavy (non-hydrogen) atoms. The molecule has 0 aliphatic heterocycles. The van der Waals surface area contributed by atoms with Gasteiger partial charge in [0.1, 0.15) is 0 Å². The van der Waals surface area contributed by atoms with Crippen molar-refractivity contribution in [2.45, 2.75) is 6.92 Å². The van der Waals surface area contributed by atoms with Crippen molar-refractivity contribution in [1.29, 1.82) is 0 Å². The van der Waals surface area contributed by atoms with Crippen molar-refractivity contribution in [3.05, 3.63) is 58.1 Å². The number of hydrogen-bond donors (Lipinski definition) is 1. The third kappa shape index (κ3) is 4.78. The number of carbonyl (C=O) groups is 2. The molecule has 2 rings (SSSR count). The van der Waals surface area contributed by atoms with Gasteiger partial charge in [0.05, 0.1) is 35.3 Å². The van der Waals surface area contributed by atoms with Crippen LogP contribution in [0.1, 0.15) is 26.3 Å². The van der Waals surface area contributed by atoms with E-state index in [4.69, 9.17) is 11.6 Å². The second-order valence-corrected chi connectivity index (χ2v) is 8.29. The summed E-state index contributed by atoms with van der Waals surface area (Å²) in [6, 6.07) is 9.03. The summed E-state index contributed by atoms with van der Waals surface area (Å²) < 4.78 is 29.2. The van der Waals surface area contributed by atoms with Gasteiger partial charge in [-0.2, -0.15) is 0 Å². The lowest BCUT2D eigenvalue weighted by molar-refractivity contribution is 0.0600. The number of anilines is 2. The van der Waals surface area contributed by atoms with E-state index in [1.165, 1.54) is 38.4 Å². The largest absolute Gasteiger partial charge is 0.465 e. The number of halogens is 1. The zero-order valence-corrected chi connectivity index (χ0v) is 16.8. The Morgan fingerprint density at radius 2 is 1.74 bits per heavy atom. The van der Waals surface area contributed by atoms with Crippen LogP contribution in [0.15, 0.2) is 36.4 Å². The average Bonchev–Trinajstić information content (AvgIpc) is 2.61. The highest BCUT2D eigenvalue weighted by Gasteiger charge is 2.17. The molecule has 1 amide bonds. The number of carbonyl (C=O) groups excluding carboxylic acids is 2. The summed E-state index contributed by atoms with van der Waals surface area (Å²) >= 11 is 6.08. The van der Waals surface area contributed by atoms with E-state index in [0.29, 0.717) is 16.8 Å². The fourth-order valence-corrected chi connectivity index (χ4v) is 3.12. The lowest BCUT2D eigenvalue weighted by Crippen LogP contribution is -2.25. The lowest BCUT2D eigenvalue weighted by Gasteiger charge is -2.19. The number of nitrogens with zero attached hydrogens (tertiary/aromatic N) is 1. The van der Waals surface area contributed by atoms with Gasteiger partial charge in [0.2, 0.25) is 10.0 Å². The number of methoxy groups -OCH3 is 1. The molecule has 0 bridgehead atoms. The summed E-state index contributed by atoms with van der Waals surface area (Å²) in [5, 5.41) is 2.91. The maximum absolute atomic E-state index is 12.5. The van der Waals surface area contributed by atoms with Gasteiger partial charge in [-0.05, 0) is 48.9 Å². The van der Waals surface area contributed by atoms with E-state index in [1.54, 1.807) is 19.1 Å². The van der Waals surface area contributed by atoms with Crippen molar-refractivity contribution in [3.8, 4) is 0 Å². The molecule has 0 spiro atoms. The first-order valence-corrected chi connectivity index (χ1v) is 10.0. The second-order valence-electron chi connectivity index (χ2n) is 5.87. The first kappa shape index (κ1) is 20.7. The van der Waals surface area contributed by atoms with Crippen molar-refractivity contribution >= 4 is 44.9 Å². The molecule has 0 saturated heterocycles. The van der Waals surface area contributed by atoms with Crippen LogP contribution in [0.3, 0.4) is 0 Å². The molecule has 7 nitrogen and oxygen atoms in total. The zero-order chi connectivity index (χ0) is 20.4. The Bertz CT molecular complexity index is 1000.